The fourth-order valence-corrected chi connectivity index (χ4v) is 3.97. The molecule has 0 unspecified atom stereocenters. The number of fused-ring (bicyclic) bond motifs is 1. The first kappa shape index (κ1) is 18.8. The molecule has 0 bridgehead atoms. The maximum Gasteiger partial charge on any atom is 0.415 e. The van der Waals surface area contributed by atoms with Gasteiger partial charge in [-0.3, -0.25) is 4.90 Å². The highest BCUT2D eigenvalue weighted by atomic mass is 19.3. The SMILES string of the molecule is O=C(OC(F)(F)[C@@H]1CCNC1)N1CCc2ccccc2[C@@H]1c1ccc(F)cc1. The van der Waals surface area contributed by atoms with E-state index in [9.17, 15) is 18.0 Å². The minimum Gasteiger partial charge on any atom is -0.384 e. The first-order valence-electron chi connectivity index (χ1n) is 9.37. The van der Waals surface area contributed by atoms with Crippen LogP contribution in [0, 0.1) is 11.7 Å². The number of hydrogen-bond donors (Lipinski definition) is 1. The predicted molar refractivity (Wildman–Crippen MR) is 97.5 cm³/mol. The van der Waals surface area contributed by atoms with Crippen LogP contribution in [0.3, 0.4) is 0 Å². The van der Waals surface area contributed by atoms with Crippen LogP contribution in [0.15, 0.2) is 48.5 Å². The van der Waals surface area contributed by atoms with Crippen LogP contribution >= 0.6 is 0 Å². The zero-order valence-electron chi connectivity index (χ0n) is 15.2. The summed E-state index contributed by atoms with van der Waals surface area (Å²) < 4.78 is 47.0. The number of benzene rings is 2. The largest absolute Gasteiger partial charge is 0.415 e. The molecule has 0 spiro atoms. The van der Waals surface area contributed by atoms with E-state index in [1.807, 2.05) is 24.3 Å². The van der Waals surface area contributed by atoms with Crippen molar-refractivity contribution in [3.63, 3.8) is 0 Å². The number of nitrogens with one attached hydrogen (secondary N) is 1. The van der Waals surface area contributed by atoms with Gasteiger partial charge in [0.15, 0.2) is 0 Å². The van der Waals surface area contributed by atoms with Gasteiger partial charge in [-0.2, -0.15) is 8.78 Å². The summed E-state index contributed by atoms with van der Waals surface area (Å²) in [5, 5.41) is 2.86. The van der Waals surface area contributed by atoms with Crippen LogP contribution < -0.4 is 5.32 Å². The number of nitrogens with zero attached hydrogens (tertiary/aromatic N) is 1. The lowest BCUT2D eigenvalue weighted by molar-refractivity contribution is -0.236. The van der Waals surface area contributed by atoms with E-state index in [0.717, 1.165) is 11.1 Å². The van der Waals surface area contributed by atoms with Gasteiger partial charge in [-0.1, -0.05) is 36.4 Å². The molecule has 0 radical (unpaired) electrons. The maximum atomic E-state index is 14.5. The number of halogens is 3. The van der Waals surface area contributed by atoms with E-state index in [4.69, 9.17) is 4.74 Å². The minimum absolute atomic E-state index is 0.116. The summed E-state index contributed by atoms with van der Waals surface area (Å²) in [6.07, 6.45) is -3.80. The van der Waals surface area contributed by atoms with Gasteiger partial charge in [0.25, 0.3) is 0 Å². The average molecular weight is 390 g/mol. The van der Waals surface area contributed by atoms with Gasteiger partial charge < -0.3 is 10.1 Å². The summed E-state index contributed by atoms with van der Waals surface area (Å²) >= 11 is 0. The molecule has 4 rings (SSSR count). The lowest BCUT2D eigenvalue weighted by Crippen LogP contribution is -2.45. The third-order valence-corrected chi connectivity index (χ3v) is 5.46. The van der Waals surface area contributed by atoms with Crippen LogP contribution in [0.4, 0.5) is 18.0 Å². The third kappa shape index (κ3) is 3.58. The number of rotatable bonds is 3. The Kier molecular flexibility index (Phi) is 5.02. The van der Waals surface area contributed by atoms with Crippen molar-refractivity contribution in [1.82, 2.24) is 10.2 Å². The molecule has 1 N–H and O–H groups in total. The zero-order valence-corrected chi connectivity index (χ0v) is 15.2. The van der Waals surface area contributed by atoms with Gasteiger partial charge in [-0.15, -0.1) is 0 Å². The Morgan fingerprint density at radius 1 is 1.14 bits per heavy atom. The van der Waals surface area contributed by atoms with Crippen molar-refractivity contribution in [3.05, 3.63) is 71.0 Å². The third-order valence-electron chi connectivity index (χ3n) is 5.46. The molecule has 1 amide bonds. The number of amides is 1. The molecular weight excluding hydrogens is 369 g/mol. The van der Waals surface area contributed by atoms with Crippen molar-refractivity contribution in [2.45, 2.75) is 25.0 Å². The lowest BCUT2D eigenvalue weighted by Gasteiger charge is -2.38. The van der Waals surface area contributed by atoms with Gasteiger partial charge in [0.05, 0.1) is 12.0 Å². The van der Waals surface area contributed by atoms with E-state index >= 15 is 0 Å². The molecule has 0 saturated carbocycles. The molecule has 2 aliphatic heterocycles. The van der Waals surface area contributed by atoms with Crippen LogP contribution in [0.25, 0.3) is 0 Å². The molecule has 0 aliphatic carbocycles. The summed E-state index contributed by atoms with van der Waals surface area (Å²) in [5.41, 5.74) is 2.52. The molecule has 1 saturated heterocycles. The highest BCUT2D eigenvalue weighted by Gasteiger charge is 2.47. The van der Waals surface area contributed by atoms with Crippen molar-refractivity contribution in [1.29, 1.82) is 0 Å². The fourth-order valence-electron chi connectivity index (χ4n) is 3.97. The molecule has 1 fully saturated rings. The monoisotopic (exact) mass is 390 g/mol. The summed E-state index contributed by atoms with van der Waals surface area (Å²) in [5.74, 6) is -1.43. The van der Waals surface area contributed by atoms with Crippen molar-refractivity contribution < 1.29 is 22.7 Å². The van der Waals surface area contributed by atoms with E-state index in [2.05, 4.69) is 5.32 Å². The number of ether oxygens (including phenoxy) is 1. The lowest BCUT2D eigenvalue weighted by atomic mass is 9.88. The Morgan fingerprint density at radius 2 is 1.89 bits per heavy atom. The van der Waals surface area contributed by atoms with Gasteiger partial charge in [-0.25, -0.2) is 9.18 Å². The van der Waals surface area contributed by atoms with E-state index < -0.39 is 30.0 Å². The number of carbonyl (C=O) groups is 1. The quantitative estimate of drug-likeness (QED) is 0.858. The molecule has 2 aliphatic rings. The number of carbonyl (C=O) groups excluding carboxylic acids is 1. The predicted octanol–water partition coefficient (Wildman–Crippen LogP) is 4.11. The second-order valence-electron chi connectivity index (χ2n) is 7.22. The molecule has 2 atom stereocenters. The minimum atomic E-state index is -3.54. The van der Waals surface area contributed by atoms with Crippen molar-refractivity contribution >= 4 is 6.09 Å². The molecular formula is C21H21F3N2O2. The van der Waals surface area contributed by atoms with Gasteiger partial charge >= 0.3 is 12.2 Å². The molecule has 2 heterocycles. The Bertz CT molecular complexity index is 851. The van der Waals surface area contributed by atoms with E-state index in [-0.39, 0.29) is 19.5 Å². The molecule has 4 nitrogen and oxygen atoms in total. The summed E-state index contributed by atoms with van der Waals surface area (Å²) in [4.78, 5) is 14.1. The van der Waals surface area contributed by atoms with E-state index in [1.54, 1.807) is 12.1 Å². The summed E-state index contributed by atoms with van der Waals surface area (Å²) in [7, 11) is 0. The molecule has 2 aromatic rings. The smallest absolute Gasteiger partial charge is 0.384 e. The Hall–Kier alpha value is -2.54. The van der Waals surface area contributed by atoms with E-state index in [1.165, 1.54) is 17.0 Å². The molecule has 28 heavy (non-hydrogen) atoms. The average Bonchev–Trinajstić information content (AvgIpc) is 3.23. The molecule has 7 heteroatoms. The Morgan fingerprint density at radius 3 is 2.61 bits per heavy atom. The second-order valence-corrected chi connectivity index (χ2v) is 7.22. The first-order valence-corrected chi connectivity index (χ1v) is 9.37. The molecule has 0 aromatic heterocycles. The Labute approximate surface area is 161 Å². The van der Waals surface area contributed by atoms with Crippen LogP contribution in [0.5, 0.6) is 0 Å². The number of alkyl halides is 2. The van der Waals surface area contributed by atoms with E-state index in [0.29, 0.717) is 18.5 Å². The molecule has 2 aromatic carbocycles. The second kappa shape index (κ2) is 7.47. The van der Waals surface area contributed by atoms with Crippen molar-refractivity contribution in [2.24, 2.45) is 5.92 Å². The topological polar surface area (TPSA) is 41.6 Å². The summed E-state index contributed by atoms with van der Waals surface area (Å²) in [6, 6.07) is 12.7. The standard InChI is InChI=1S/C21H21F3N2O2/c22-17-7-5-15(6-8-17)19-18-4-2-1-3-14(18)10-12-26(19)20(27)28-21(23,24)16-9-11-25-13-16/h1-8,16,19,25H,9-13H2/t16-,19+/m1/s1. The van der Waals surface area contributed by atoms with Crippen LogP contribution in [0.1, 0.15) is 29.2 Å². The van der Waals surface area contributed by atoms with Crippen LogP contribution in [-0.2, 0) is 11.2 Å². The molecule has 148 valence electrons. The van der Waals surface area contributed by atoms with Crippen LogP contribution in [-0.4, -0.2) is 36.7 Å². The van der Waals surface area contributed by atoms with Crippen molar-refractivity contribution in [2.75, 3.05) is 19.6 Å². The normalized spacial score (nSPS) is 22.0. The number of hydrogen-bond acceptors (Lipinski definition) is 3. The van der Waals surface area contributed by atoms with Crippen molar-refractivity contribution in [3.8, 4) is 0 Å². The highest BCUT2D eigenvalue weighted by Crippen LogP contribution is 2.38. The fraction of sp³-hybridized carbons (Fsp3) is 0.381. The van der Waals surface area contributed by atoms with Crippen LogP contribution in [0.2, 0.25) is 0 Å². The first-order chi connectivity index (χ1) is 13.5. The zero-order chi connectivity index (χ0) is 19.7. The van der Waals surface area contributed by atoms with Gasteiger partial charge in [0, 0.05) is 13.1 Å². The maximum absolute atomic E-state index is 14.5. The van der Waals surface area contributed by atoms with Gasteiger partial charge in [0.1, 0.15) is 5.82 Å². The summed E-state index contributed by atoms with van der Waals surface area (Å²) in [6.45, 7) is 0.842. The van der Waals surface area contributed by atoms with Gasteiger partial charge in [0.2, 0.25) is 0 Å². The Balaban J connectivity index is 1.64. The van der Waals surface area contributed by atoms with Gasteiger partial charge in [-0.05, 0) is 48.2 Å². The highest BCUT2D eigenvalue weighted by molar-refractivity contribution is 5.70.